The molecule has 0 heterocycles. The Labute approximate surface area is 432 Å². The van der Waals surface area contributed by atoms with Crippen LogP contribution in [0.25, 0.3) is 0 Å². The Balaban J connectivity index is 4.44. The molecule has 0 spiro atoms. The second-order valence-electron chi connectivity index (χ2n) is 19.2. The van der Waals surface area contributed by atoms with Gasteiger partial charge in [-0.25, -0.2) is 0 Å². The van der Waals surface area contributed by atoms with Crippen molar-refractivity contribution in [2.45, 2.75) is 277 Å². The fourth-order valence-corrected chi connectivity index (χ4v) is 7.91. The minimum atomic E-state index is -0.795. The number of esters is 3. The van der Waals surface area contributed by atoms with Crippen LogP contribution in [0.2, 0.25) is 0 Å². The predicted octanol–water partition coefficient (Wildman–Crippen LogP) is 19.7. The molecule has 0 N–H and O–H groups in total. The first-order chi connectivity index (χ1) is 34.5. The molecule has 6 nitrogen and oxygen atoms in total. The van der Waals surface area contributed by atoms with Gasteiger partial charge in [0.1, 0.15) is 13.2 Å². The monoisotopic (exact) mass is 973 g/mol. The molecule has 0 aliphatic heterocycles. The predicted molar refractivity (Wildman–Crippen MR) is 302 cm³/mol. The summed E-state index contributed by atoms with van der Waals surface area (Å²) in [5.41, 5.74) is 0. The van der Waals surface area contributed by atoms with Crippen LogP contribution in [-0.2, 0) is 28.6 Å². The molecule has 1 atom stereocenters. The standard InChI is InChI=1S/C64H108O6/c1-4-7-10-13-16-19-22-25-28-30-31-32-33-35-36-39-42-45-48-51-54-57-63(66)69-60-61(59-68-62(65)56-53-50-47-44-41-38-27-24-21-18-15-12-9-6-3)70-64(67)58-55-52-49-46-43-40-37-34-29-26-23-20-17-14-11-8-5-2/h7,10,16-17,19-20,24-29,31-32,35-36,61H,4-6,8-9,11-15,18,21-23,30,33-34,37-60H2,1-3H3/b10-7-,19-16-,20-17-,27-24-,28-25-,29-26-,32-31-,36-35-. The summed E-state index contributed by atoms with van der Waals surface area (Å²) >= 11 is 0. The van der Waals surface area contributed by atoms with Crippen molar-refractivity contribution in [2.24, 2.45) is 0 Å². The topological polar surface area (TPSA) is 78.9 Å². The summed E-state index contributed by atoms with van der Waals surface area (Å²) in [6.45, 7) is 6.47. The molecule has 0 radical (unpaired) electrons. The van der Waals surface area contributed by atoms with Crippen molar-refractivity contribution in [3.63, 3.8) is 0 Å². The molecule has 70 heavy (non-hydrogen) atoms. The molecule has 0 aromatic heterocycles. The number of rotatable bonds is 52. The van der Waals surface area contributed by atoms with Gasteiger partial charge in [0.05, 0.1) is 0 Å². The Morgan fingerprint density at radius 3 is 0.914 bits per heavy atom. The lowest BCUT2D eigenvalue weighted by Gasteiger charge is -2.18. The highest BCUT2D eigenvalue weighted by atomic mass is 16.6. The minimum Gasteiger partial charge on any atom is -0.462 e. The molecule has 6 heteroatoms. The van der Waals surface area contributed by atoms with Crippen molar-refractivity contribution in [1.82, 2.24) is 0 Å². The molecule has 0 saturated carbocycles. The summed E-state index contributed by atoms with van der Waals surface area (Å²) in [5, 5.41) is 0. The van der Waals surface area contributed by atoms with Crippen molar-refractivity contribution in [3.8, 4) is 0 Å². The Hall–Kier alpha value is -3.67. The maximum atomic E-state index is 12.9. The van der Waals surface area contributed by atoms with Gasteiger partial charge in [0.2, 0.25) is 0 Å². The van der Waals surface area contributed by atoms with Gasteiger partial charge in [-0.1, -0.05) is 227 Å². The van der Waals surface area contributed by atoms with Crippen LogP contribution in [0.4, 0.5) is 0 Å². The van der Waals surface area contributed by atoms with E-state index in [1.165, 1.54) is 103 Å². The molecule has 0 saturated heterocycles. The number of unbranched alkanes of at least 4 members (excludes halogenated alkanes) is 25. The van der Waals surface area contributed by atoms with E-state index in [9.17, 15) is 14.4 Å². The zero-order valence-electron chi connectivity index (χ0n) is 45.8. The van der Waals surface area contributed by atoms with Gasteiger partial charge in [-0.3, -0.25) is 14.4 Å². The van der Waals surface area contributed by atoms with E-state index in [4.69, 9.17) is 14.2 Å². The van der Waals surface area contributed by atoms with Crippen LogP contribution in [-0.4, -0.2) is 37.2 Å². The molecule has 1 unspecified atom stereocenters. The number of carbonyl (C=O) groups is 3. The molecule has 0 amide bonds. The first kappa shape index (κ1) is 66.3. The molecule has 0 aliphatic rings. The highest BCUT2D eigenvalue weighted by molar-refractivity contribution is 5.71. The third-order valence-corrected chi connectivity index (χ3v) is 12.3. The Morgan fingerprint density at radius 1 is 0.300 bits per heavy atom. The summed E-state index contributed by atoms with van der Waals surface area (Å²) in [6.07, 6.45) is 76.7. The molecule has 0 aromatic rings. The van der Waals surface area contributed by atoms with E-state index < -0.39 is 6.10 Å². The lowest BCUT2D eigenvalue weighted by molar-refractivity contribution is -0.167. The summed E-state index contributed by atoms with van der Waals surface area (Å²) in [5.74, 6) is -0.923. The van der Waals surface area contributed by atoms with E-state index in [0.29, 0.717) is 19.3 Å². The lowest BCUT2D eigenvalue weighted by atomic mass is 10.1. The highest BCUT2D eigenvalue weighted by Crippen LogP contribution is 2.14. The van der Waals surface area contributed by atoms with Crippen molar-refractivity contribution in [2.75, 3.05) is 13.2 Å². The highest BCUT2D eigenvalue weighted by Gasteiger charge is 2.19. The first-order valence-corrected chi connectivity index (χ1v) is 29.2. The van der Waals surface area contributed by atoms with Crippen molar-refractivity contribution in [1.29, 1.82) is 0 Å². The normalized spacial score (nSPS) is 12.8. The smallest absolute Gasteiger partial charge is 0.306 e. The quantitative estimate of drug-likeness (QED) is 0.0262. The van der Waals surface area contributed by atoms with Crippen LogP contribution in [0.1, 0.15) is 271 Å². The number of hydrogen-bond acceptors (Lipinski definition) is 6. The Morgan fingerprint density at radius 2 is 0.557 bits per heavy atom. The fraction of sp³-hybridized carbons (Fsp3) is 0.703. The summed E-state index contributed by atoms with van der Waals surface area (Å²) in [7, 11) is 0. The molecular formula is C64H108O6. The third kappa shape index (κ3) is 55.3. The maximum absolute atomic E-state index is 12.9. The van der Waals surface area contributed by atoms with Gasteiger partial charge >= 0.3 is 17.9 Å². The van der Waals surface area contributed by atoms with Gasteiger partial charge in [0.15, 0.2) is 6.10 Å². The van der Waals surface area contributed by atoms with Crippen LogP contribution in [0.5, 0.6) is 0 Å². The molecule has 0 aliphatic carbocycles. The van der Waals surface area contributed by atoms with Gasteiger partial charge in [0, 0.05) is 19.3 Å². The van der Waals surface area contributed by atoms with E-state index in [0.717, 1.165) is 128 Å². The van der Waals surface area contributed by atoms with E-state index in [2.05, 4.69) is 118 Å². The van der Waals surface area contributed by atoms with Crippen molar-refractivity contribution >= 4 is 17.9 Å². The average molecular weight is 974 g/mol. The number of allylic oxidation sites excluding steroid dienone is 16. The number of carbonyl (C=O) groups excluding carboxylic acids is 3. The summed E-state index contributed by atoms with van der Waals surface area (Å²) in [6, 6.07) is 0. The second-order valence-corrected chi connectivity index (χ2v) is 19.2. The van der Waals surface area contributed by atoms with E-state index >= 15 is 0 Å². The molecular weight excluding hydrogens is 865 g/mol. The van der Waals surface area contributed by atoms with Crippen LogP contribution in [0.3, 0.4) is 0 Å². The van der Waals surface area contributed by atoms with E-state index in [1.54, 1.807) is 0 Å². The molecule has 0 fully saturated rings. The van der Waals surface area contributed by atoms with E-state index in [-0.39, 0.29) is 31.1 Å². The Bertz CT molecular complexity index is 1400. The SMILES string of the molecule is CC/C=C\C/C=C\C/C=C\C/C=C\C/C=C\CCCCCCCC(=O)OCC(COC(=O)CCCCCCC/C=C\CCCCCCC)OC(=O)CCCCCCCCC/C=C\C/C=C\CCCCC. The summed E-state index contributed by atoms with van der Waals surface area (Å²) in [4.78, 5) is 38.2. The van der Waals surface area contributed by atoms with Gasteiger partial charge in [0.25, 0.3) is 0 Å². The van der Waals surface area contributed by atoms with Crippen LogP contribution >= 0.6 is 0 Å². The van der Waals surface area contributed by atoms with Crippen LogP contribution < -0.4 is 0 Å². The number of ether oxygens (including phenoxy) is 3. The zero-order valence-corrected chi connectivity index (χ0v) is 45.8. The van der Waals surface area contributed by atoms with Crippen LogP contribution in [0.15, 0.2) is 97.2 Å². The Kier molecular flexibility index (Phi) is 54.9. The molecule has 0 rings (SSSR count). The van der Waals surface area contributed by atoms with Gasteiger partial charge in [-0.2, -0.15) is 0 Å². The van der Waals surface area contributed by atoms with Crippen molar-refractivity contribution in [3.05, 3.63) is 97.2 Å². The van der Waals surface area contributed by atoms with Crippen LogP contribution in [0, 0.1) is 0 Å². The minimum absolute atomic E-state index is 0.0916. The van der Waals surface area contributed by atoms with Gasteiger partial charge in [-0.15, -0.1) is 0 Å². The molecule has 400 valence electrons. The second kappa shape index (κ2) is 57.9. The van der Waals surface area contributed by atoms with Crippen molar-refractivity contribution < 1.29 is 28.6 Å². The lowest BCUT2D eigenvalue weighted by Crippen LogP contribution is -2.30. The largest absolute Gasteiger partial charge is 0.462 e. The molecule has 0 aromatic carbocycles. The van der Waals surface area contributed by atoms with Gasteiger partial charge in [-0.05, 0) is 122 Å². The average Bonchev–Trinajstić information content (AvgIpc) is 3.36. The third-order valence-electron chi connectivity index (χ3n) is 12.3. The van der Waals surface area contributed by atoms with Gasteiger partial charge < -0.3 is 14.2 Å². The number of hydrogen-bond donors (Lipinski definition) is 0. The molecule has 0 bridgehead atoms. The maximum Gasteiger partial charge on any atom is 0.306 e. The summed E-state index contributed by atoms with van der Waals surface area (Å²) < 4.78 is 16.9. The van der Waals surface area contributed by atoms with E-state index in [1.807, 2.05) is 0 Å². The zero-order chi connectivity index (χ0) is 50.7. The first-order valence-electron chi connectivity index (χ1n) is 29.2. The fourth-order valence-electron chi connectivity index (χ4n) is 7.91.